The summed E-state index contributed by atoms with van der Waals surface area (Å²) in [4.78, 5) is 58.4. The van der Waals surface area contributed by atoms with Gasteiger partial charge in [-0.1, -0.05) is 30.4 Å². The van der Waals surface area contributed by atoms with Crippen molar-refractivity contribution in [2.45, 2.75) is 63.8 Å². The molecule has 1 spiro atoms. The van der Waals surface area contributed by atoms with E-state index in [1.807, 2.05) is 37.3 Å². The van der Waals surface area contributed by atoms with Crippen molar-refractivity contribution in [3.05, 3.63) is 47.7 Å². The van der Waals surface area contributed by atoms with Crippen LogP contribution in [-0.4, -0.2) is 78.4 Å². The summed E-state index contributed by atoms with van der Waals surface area (Å²) in [5.74, 6) is -1.92. The summed E-state index contributed by atoms with van der Waals surface area (Å²) in [6.07, 6.45) is 5.09. The first-order chi connectivity index (χ1) is 20.7. The van der Waals surface area contributed by atoms with E-state index in [0.717, 1.165) is 29.3 Å². The zero-order valence-electron chi connectivity index (χ0n) is 24.3. The van der Waals surface area contributed by atoms with Crippen LogP contribution in [0.15, 0.2) is 36.4 Å². The van der Waals surface area contributed by atoms with Crippen molar-refractivity contribution in [3.8, 4) is 0 Å². The number of carbonyl (C=O) groups excluding carboxylic acids is 4. The molecule has 1 aromatic heterocycles. The molecule has 228 valence electrons. The van der Waals surface area contributed by atoms with Crippen LogP contribution in [0.3, 0.4) is 0 Å². The molecule has 3 N–H and O–H groups in total. The number of hydrazine groups is 1. The zero-order chi connectivity index (χ0) is 30.1. The lowest BCUT2D eigenvalue weighted by molar-refractivity contribution is -0.191. The molecule has 0 unspecified atom stereocenters. The number of amides is 3. The number of esters is 1. The van der Waals surface area contributed by atoms with Crippen LogP contribution in [0.25, 0.3) is 17.0 Å². The highest BCUT2D eigenvalue weighted by molar-refractivity contribution is 5.92. The third-order valence-electron chi connectivity index (χ3n) is 8.47. The highest BCUT2D eigenvalue weighted by Gasteiger charge is 2.47. The molecule has 12 nitrogen and oxygen atoms in total. The van der Waals surface area contributed by atoms with E-state index in [0.29, 0.717) is 25.1 Å². The van der Waals surface area contributed by atoms with Gasteiger partial charge in [-0.25, -0.2) is 5.43 Å². The molecule has 4 aliphatic rings. The predicted octanol–water partition coefficient (Wildman–Crippen LogP) is 1.75. The Bertz CT molecular complexity index is 1450. The molecule has 4 heterocycles. The summed E-state index contributed by atoms with van der Waals surface area (Å²) in [6.45, 7) is 3.96. The fourth-order valence-corrected chi connectivity index (χ4v) is 5.69. The summed E-state index contributed by atoms with van der Waals surface area (Å²) in [5, 5.41) is 8.06. The normalized spacial score (nSPS) is 29.6. The summed E-state index contributed by atoms with van der Waals surface area (Å²) < 4.78 is 16.9. The van der Waals surface area contributed by atoms with Crippen molar-refractivity contribution >= 4 is 40.7 Å². The second-order valence-corrected chi connectivity index (χ2v) is 11.9. The minimum atomic E-state index is -1.26. The van der Waals surface area contributed by atoms with Crippen molar-refractivity contribution in [3.63, 3.8) is 0 Å². The lowest BCUT2D eigenvalue weighted by Gasteiger charge is -2.35. The number of aromatic nitrogens is 1. The Morgan fingerprint density at radius 2 is 1.67 bits per heavy atom. The van der Waals surface area contributed by atoms with E-state index >= 15 is 0 Å². The number of benzene rings is 1. The molecule has 5 bridgehead atoms. The molecule has 6 rings (SSSR count). The second-order valence-electron chi connectivity index (χ2n) is 11.9. The number of ether oxygens (including phenoxy) is 3. The Hall–Kier alpha value is -3.87. The quantitative estimate of drug-likeness (QED) is 0.422. The van der Waals surface area contributed by atoms with Gasteiger partial charge in [-0.3, -0.25) is 29.2 Å². The highest BCUT2D eigenvalue weighted by Crippen LogP contribution is 2.37. The molecule has 1 aromatic carbocycles. The number of fused-ring (bicyclic) bond motifs is 4. The number of nitrogens with zero attached hydrogens (tertiary/aromatic N) is 2. The predicted molar refractivity (Wildman–Crippen MR) is 155 cm³/mol. The van der Waals surface area contributed by atoms with E-state index in [9.17, 15) is 19.2 Å². The van der Waals surface area contributed by atoms with E-state index in [-0.39, 0.29) is 43.8 Å². The van der Waals surface area contributed by atoms with Crippen molar-refractivity contribution in [2.75, 3.05) is 26.6 Å². The SMILES string of the molecule is C[C@@H]1NC(=O)[C@H](C2CC2)OC(=O)C2(/C=C/c3ccc4ccc(nc4c3)[C@@H](C)NC(=O)[C@@H]3CCCN(N3)C1=O)COCOC2. The van der Waals surface area contributed by atoms with Gasteiger partial charge in [-0.15, -0.1) is 0 Å². The average molecular weight is 592 g/mol. The highest BCUT2D eigenvalue weighted by atomic mass is 16.7. The Labute approximate surface area is 249 Å². The molecule has 3 aliphatic heterocycles. The van der Waals surface area contributed by atoms with Crippen LogP contribution in [0.1, 0.15) is 56.8 Å². The number of cyclic esters (lactones) is 1. The smallest absolute Gasteiger partial charge is 0.321 e. The van der Waals surface area contributed by atoms with E-state index < -0.39 is 35.5 Å². The van der Waals surface area contributed by atoms with Gasteiger partial charge in [-0.05, 0) is 57.2 Å². The fraction of sp³-hybridized carbons (Fsp3) is 0.516. The first kappa shape index (κ1) is 29.2. The minimum Gasteiger partial charge on any atom is -0.451 e. The summed E-state index contributed by atoms with van der Waals surface area (Å²) in [5.41, 5.74) is 3.99. The number of rotatable bonds is 1. The number of hydrogen-bond donors (Lipinski definition) is 3. The van der Waals surface area contributed by atoms with Gasteiger partial charge in [-0.2, -0.15) is 0 Å². The van der Waals surface area contributed by atoms with E-state index in [2.05, 4.69) is 16.1 Å². The van der Waals surface area contributed by atoms with Crippen LogP contribution >= 0.6 is 0 Å². The monoisotopic (exact) mass is 591 g/mol. The minimum absolute atomic E-state index is 0.0330. The molecule has 12 heteroatoms. The summed E-state index contributed by atoms with van der Waals surface area (Å²) >= 11 is 0. The molecule has 1 aliphatic carbocycles. The first-order valence-corrected chi connectivity index (χ1v) is 14.9. The Morgan fingerprint density at radius 1 is 0.930 bits per heavy atom. The molecule has 4 atom stereocenters. The lowest BCUT2D eigenvalue weighted by atomic mass is 9.88. The van der Waals surface area contributed by atoms with Gasteiger partial charge in [0.2, 0.25) is 5.91 Å². The van der Waals surface area contributed by atoms with Crippen LogP contribution in [0.5, 0.6) is 0 Å². The maximum absolute atomic E-state index is 13.7. The van der Waals surface area contributed by atoms with Gasteiger partial charge < -0.3 is 24.8 Å². The number of pyridine rings is 1. The lowest BCUT2D eigenvalue weighted by Crippen LogP contribution is -2.61. The standard InChI is InChI=1S/C31H37N5O7/c1-18-23-10-9-21-6-5-20(14-25(21)34-23)11-12-31(15-41-17-42-16-31)30(40)43-26(22-7-8-22)28(38)33-19(2)29(39)36-13-3-4-24(35-36)27(37)32-18/h5-6,9-12,14,18-19,22,24,26,35H,3-4,7-8,13,15-17H2,1-2H3,(H,32,37)(H,33,38)/b12-11+/t18-,19+,24+,26+/m1/s1. The van der Waals surface area contributed by atoms with Crippen LogP contribution in [0, 0.1) is 11.3 Å². The van der Waals surface area contributed by atoms with Crippen LogP contribution < -0.4 is 16.1 Å². The fourth-order valence-electron chi connectivity index (χ4n) is 5.69. The summed E-state index contributed by atoms with van der Waals surface area (Å²) in [7, 11) is 0. The molecule has 2 saturated heterocycles. The third kappa shape index (κ3) is 6.27. The topological polar surface area (TPSA) is 148 Å². The Balaban J connectivity index is 1.36. The maximum Gasteiger partial charge on any atom is 0.321 e. The average Bonchev–Trinajstić information content (AvgIpc) is 3.87. The van der Waals surface area contributed by atoms with Crippen molar-refractivity contribution < 1.29 is 33.4 Å². The van der Waals surface area contributed by atoms with Gasteiger partial charge >= 0.3 is 5.97 Å². The Morgan fingerprint density at radius 3 is 2.44 bits per heavy atom. The number of hydrogen-bond acceptors (Lipinski definition) is 9. The van der Waals surface area contributed by atoms with Crippen LogP contribution in [0.2, 0.25) is 0 Å². The van der Waals surface area contributed by atoms with Crippen LogP contribution in [-0.2, 0) is 33.4 Å². The second kappa shape index (κ2) is 12.0. The molecule has 3 fully saturated rings. The van der Waals surface area contributed by atoms with Gasteiger partial charge in [0.05, 0.1) is 30.5 Å². The van der Waals surface area contributed by atoms with E-state index in [1.54, 1.807) is 19.1 Å². The zero-order valence-corrected chi connectivity index (χ0v) is 24.3. The van der Waals surface area contributed by atoms with Gasteiger partial charge in [0.1, 0.15) is 24.3 Å². The molecule has 2 aromatic rings. The molecular weight excluding hydrogens is 554 g/mol. The molecule has 1 saturated carbocycles. The molecule has 0 radical (unpaired) electrons. The van der Waals surface area contributed by atoms with E-state index in [4.69, 9.17) is 19.2 Å². The third-order valence-corrected chi connectivity index (χ3v) is 8.47. The molecular formula is C31H37N5O7. The van der Waals surface area contributed by atoms with Gasteiger partial charge in [0.25, 0.3) is 11.8 Å². The van der Waals surface area contributed by atoms with E-state index in [1.165, 1.54) is 5.01 Å². The molecule has 43 heavy (non-hydrogen) atoms. The number of nitrogens with one attached hydrogen (secondary N) is 3. The van der Waals surface area contributed by atoms with Crippen LogP contribution in [0.4, 0.5) is 0 Å². The first-order valence-electron chi connectivity index (χ1n) is 14.9. The van der Waals surface area contributed by atoms with Gasteiger partial charge in [0, 0.05) is 17.8 Å². The van der Waals surface area contributed by atoms with Crippen molar-refractivity contribution in [2.24, 2.45) is 11.3 Å². The van der Waals surface area contributed by atoms with Crippen molar-refractivity contribution in [1.82, 2.24) is 26.1 Å². The summed E-state index contributed by atoms with van der Waals surface area (Å²) in [6, 6.07) is 7.69. The number of carbonyl (C=O) groups is 4. The Kier molecular flexibility index (Phi) is 8.17. The maximum atomic E-state index is 13.7. The van der Waals surface area contributed by atoms with Crippen molar-refractivity contribution in [1.29, 1.82) is 0 Å². The largest absolute Gasteiger partial charge is 0.451 e. The molecule has 3 amide bonds. The van der Waals surface area contributed by atoms with Gasteiger partial charge in [0.15, 0.2) is 6.10 Å².